The number of carboxylic acid groups (broad SMARTS) is 2. The minimum atomic E-state index is -1.48. The van der Waals surface area contributed by atoms with E-state index in [1.54, 1.807) is 0 Å². The summed E-state index contributed by atoms with van der Waals surface area (Å²) >= 11 is 16.4. The third-order valence-corrected chi connectivity index (χ3v) is 2.40. The average molecular weight is 270 g/mol. The highest BCUT2D eigenvalue weighted by molar-refractivity contribution is 6.43. The Morgan fingerprint density at radius 3 is 1.53 bits per heavy atom. The van der Waals surface area contributed by atoms with E-state index in [0.717, 1.165) is 0 Å². The molecular weight excluding hydrogens is 268 g/mol. The standard InChI is InChI=1S/C7H2Cl3NO4/c8-3-1(6(12)13)4(9)11-5(10)2(3)7(14)15/h(H,12,13)(H,14,15). The van der Waals surface area contributed by atoms with Gasteiger partial charge in [-0.2, -0.15) is 0 Å². The van der Waals surface area contributed by atoms with Gasteiger partial charge in [0.25, 0.3) is 0 Å². The number of hydrogen-bond acceptors (Lipinski definition) is 3. The Morgan fingerprint density at radius 2 is 1.27 bits per heavy atom. The highest BCUT2D eigenvalue weighted by atomic mass is 35.5. The maximum absolute atomic E-state index is 10.7. The highest BCUT2D eigenvalue weighted by Gasteiger charge is 2.25. The van der Waals surface area contributed by atoms with Crippen LogP contribution in [0.1, 0.15) is 20.7 Å². The summed E-state index contributed by atoms with van der Waals surface area (Å²) in [5.41, 5.74) is -1.17. The number of carboxylic acids is 2. The zero-order chi connectivity index (χ0) is 11.7. The summed E-state index contributed by atoms with van der Waals surface area (Å²) in [5.74, 6) is -2.95. The van der Waals surface area contributed by atoms with Gasteiger partial charge in [0.15, 0.2) is 0 Å². The van der Waals surface area contributed by atoms with Gasteiger partial charge in [-0.25, -0.2) is 14.6 Å². The Balaban J connectivity index is 3.64. The highest BCUT2D eigenvalue weighted by Crippen LogP contribution is 2.31. The molecule has 0 radical (unpaired) electrons. The first kappa shape index (κ1) is 12.0. The largest absolute Gasteiger partial charge is 0.478 e. The molecular formula is C7H2Cl3NO4. The number of rotatable bonds is 2. The van der Waals surface area contributed by atoms with Gasteiger partial charge in [0.1, 0.15) is 21.4 Å². The number of aromatic nitrogens is 1. The van der Waals surface area contributed by atoms with Crippen LogP contribution in [0.3, 0.4) is 0 Å². The van der Waals surface area contributed by atoms with Gasteiger partial charge in [0.05, 0.1) is 5.02 Å². The molecule has 0 saturated heterocycles. The first-order chi connectivity index (χ1) is 6.86. The lowest BCUT2D eigenvalue weighted by Crippen LogP contribution is -2.08. The summed E-state index contributed by atoms with van der Waals surface area (Å²) in [6.07, 6.45) is 0. The lowest BCUT2D eigenvalue weighted by Gasteiger charge is -2.06. The molecule has 1 rings (SSSR count). The molecule has 0 aromatic carbocycles. The maximum Gasteiger partial charge on any atom is 0.340 e. The average Bonchev–Trinajstić information content (AvgIpc) is 1.99. The van der Waals surface area contributed by atoms with Crippen LogP contribution in [0.4, 0.5) is 0 Å². The van der Waals surface area contributed by atoms with Crippen LogP contribution in [0.2, 0.25) is 15.3 Å². The van der Waals surface area contributed by atoms with Crippen LogP contribution in [0, 0.1) is 0 Å². The molecule has 1 heterocycles. The van der Waals surface area contributed by atoms with E-state index >= 15 is 0 Å². The van der Waals surface area contributed by atoms with E-state index < -0.39 is 38.4 Å². The van der Waals surface area contributed by atoms with Crippen molar-refractivity contribution in [3.63, 3.8) is 0 Å². The predicted molar refractivity (Wildman–Crippen MR) is 53.2 cm³/mol. The van der Waals surface area contributed by atoms with E-state index in [-0.39, 0.29) is 0 Å². The van der Waals surface area contributed by atoms with Gasteiger partial charge >= 0.3 is 11.9 Å². The number of pyridine rings is 1. The maximum atomic E-state index is 10.7. The third-order valence-electron chi connectivity index (χ3n) is 1.48. The fraction of sp³-hybridized carbons (Fsp3) is 0. The molecule has 0 aliphatic carbocycles. The number of halogens is 3. The van der Waals surface area contributed by atoms with Crippen molar-refractivity contribution in [3.05, 3.63) is 26.5 Å². The van der Waals surface area contributed by atoms with Crippen LogP contribution >= 0.6 is 34.8 Å². The van der Waals surface area contributed by atoms with E-state index in [1.807, 2.05) is 0 Å². The van der Waals surface area contributed by atoms with Gasteiger partial charge < -0.3 is 10.2 Å². The summed E-state index contributed by atoms with van der Waals surface area (Å²) in [4.78, 5) is 24.7. The Hall–Kier alpha value is -1.04. The molecule has 1 aromatic rings. The van der Waals surface area contributed by atoms with Crippen molar-refractivity contribution in [3.8, 4) is 0 Å². The molecule has 0 aliphatic heterocycles. The second kappa shape index (κ2) is 4.22. The Kier molecular flexibility index (Phi) is 3.38. The topological polar surface area (TPSA) is 87.5 Å². The quantitative estimate of drug-likeness (QED) is 0.806. The second-order valence-corrected chi connectivity index (χ2v) is 3.46. The van der Waals surface area contributed by atoms with Crippen molar-refractivity contribution >= 4 is 46.7 Å². The van der Waals surface area contributed by atoms with Crippen LogP contribution in [0.25, 0.3) is 0 Å². The Labute approximate surface area is 98.2 Å². The van der Waals surface area contributed by atoms with Crippen LogP contribution in [0.15, 0.2) is 0 Å². The second-order valence-electron chi connectivity index (χ2n) is 2.37. The van der Waals surface area contributed by atoms with Crippen molar-refractivity contribution in [2.24, 2.45) is 0 Å². The van der Waals surface area contributed by atoms with E-state index in [4.69, 9.17) is 45.0 Å². The van der Waals surface area contributed by atoms with E-state index in [0.29, 0.717) is 0 Å². The first-order valence-electron chi connectivity index (χ1n) is 3.37. The van der Waals surface area contributed by atoms with Crippen molar-refractivity contribution < 1.29 is 19.8 Å². The van der Waals surface area contributed by atoms with Crippen LogP contribution in [-0.4, -0.2) is 27.1 Å². The smallest absolute Gasteiger partial charge is 0.340 e. The number of nitrogens with zero attached hydrogens (tertiary/aromatic N) is 1. The summed E-state index contributed by atoms with van der Waals surface area (Å²) in [5, 5.41) is 15.9. The van der Waals surface area contributed by atoms with Crippen molar-refractivity contribution in [2.75, 3.05) is 0 Å². The molecule has 0 bridgehead atoms. The zero-order valence-corrected chi connectivity index (χ0v) is 9.06. The molecule has 8 heteroatoms. The normalized spacial score (nSPS) is 10.1. The van der Waals surface area contributed by atoms with Gasteiger partial charge in [-0.1, -0.05) is 34.8 Å². The fourth-order valence-electron chi connectivity index (χ4n) is 0.868. The molecule has 5 nitrogen and oxygen atoms in total. The fourth-order valence-corrected chi connectivity index (χ4v) is 1.87. The number of carbonyl (C=O) groups is 2. The lowest BCUT2D eigenvalue weighted by atomic mass is 10.2. The van der Waals surface area contributed by atoms with E-state index in [9.17, 15) is 9.59 Å². The Morgan fingerprint density at radius 1 is 0.933 bits per heavy atom. The molecule has 0 saturated carbocycles. The molecule has 0 aliphatic rings. The van der Waals surface area contributed by atoms with Gasteiger partial charge in [-0.15, -0.1) is 0 Å². The van der Waals surface area contributed by atoms with Crippen molar-refractivity contribution in [2.45, 2.75) is 0 Å². The zero-order valence-electron chi connectivity index (χ0n) is 6.79. The molecule has 0 spiro atoms. The molecule has 80 valence electrons. The third kappa shape index (κ3) is 2.14. The lowest BCUT2D eigenvalue weighted by molar-refractivity contribution is 0.0696. The summed E-state index contributed by atoms with van der Waals surface area (Å²) in [6.45, 7) is 0. The number of hydrogen-bond donors (Lipinski definition) is 2. The first-order valence-corrected chi connectivity index (χ1v) is 4.50. The molecule has 2 N–H and O–H groups in total. The summed E-state index contributed by atoms with van der Waals surface area (Å²) in [7, 11) is 0. The molecule has 0 amide bonds. The molecule has 0 atom stereocenters. The van der Waals surface area contributed by atoms with Crippen molar-refractivity contribution in [1.29, 1.82) is 0 Å². The van der Waals surface area contributed by atoms with Crippen molar-refractivity contribution in [1.82, 2.24) is 4.98 Å². The van der Waals surface area contributed by atoms with Crippen LogP contribution in [0.5, 0.6) is 0 Å². The van der Waals surface area contributed by atoms with E-state index in [1.165, 1.54) is 0 Å². The molecule has 1 aromatic heterocycles. The summed E-state index contributed by atoms with van der Waals surface area (Å²) < 4.78 is 0. The molecule has 0 unspecified atom stereocenters. The van der Waals surface area contributed by atoms with Crippen LogP contribution < -0.4 is 0 Å². The van der Waals surface area contributed by atoms with E-state index in [2.05, 4.69) is 4.98 Å². The summed E-state index contributed by atoms with van der Waals surface area (Å²) in [6, 6.07) is 0. The predicted octanol–water partition coefficient (Wildman–Crippen LogP) is 2.44. The Bertz CT molecular complexity index is 422. The van der Waals surface area contributed by atoms with Gasteiger partial charge in [0, 0.05) is 0 Å². The molecule has 0 fully saturated rings. The van der Waals surface area contributed by atoms with Gasteiger partial charge in [-0.3, -0.25) is 0 Å². The van der Waals surface area contributed by atoms with Gasteiger partial charge in [0.2, 0.25) is 0 Å². The van der Waals surface area contributed by atoms with Crippen LogP contribution in [-0.2, 0) is 0 Å². The minimum absolute atomic E-state index is 0.456. The monoisotopic (exact) mass is 269 g/mol. The van der Waals surface area contributed by atoms with Gasteiger partial charge in [-0.05, 0) is 0 Å². The SMILES string of the molecule is O=C(O)c1c(Cl)nc(Cl)c(C(=O)O)c1Cl. The minimum Gasteiger partial charge on any atom is -0.478 e. The molecule has 15 heavy (non-hydrogen) atoms. The number of aromatic carboxylic acids is 2.